The molecule has 17 heavy (non-hydrogen) atoms. The van der Waals surface area contributed by atoms with Gasteiger partial charge in [0.2, 0.25) is 0 Å². The van der Waals surface area contributed by atoms with Crippen LogP contribution in [-0.2, 0) is 0 Å². The van der Waals surface area contributed by atoms with Gasteiger partial charge in [-0.15, -0.1) is 0 Å². The van der Waals surface area contributed by atoms with Gasteiger partial charge in [0.05, 0.1) is 11.2 Å². The molecule has 1 amide bonds. The van der Waals surface area contributed by atoms with Gasteiger partial charge in [0, 0.05) is 10.3 Å². The summed E-state index contributed by atoms with van der Waals surface area (Å²) in [5.74, 6) is 0. The molecule has 0 spiro atoms. The minimum atomic E-state index is -0.222. The number of pyridine rings is 1. The average molecular weight is 240 g/mol. The fourth-order valence-corrected chi connectivity index (χ4v) is 2.32. The van der Waals surface area contributed by atoms with Crippen molar-refractivity contribution in [1.82, 2.24) is 4.98 Å². The average Bonchev–Trinajstić information content (AvgIpc) is 2.68. The van der Waals surface area contributed by atoms with E-state index in [0.717, 1.165) is 22.7 Å². The highest BCUT2D eigenvalue weighted by molar-refractivity contribution is 8.18. The van der Waals surface area contributed by atoms with Crippen molar-refractivity contribution in [2.45, 2.75) is 0 Å². The SMILES string of the molecule is C=C1SC(=O)N=C1c1ccc2ccccc2n1. The Morgan fingerprint density at radius 2 is 1.94 bits per heavy atom. The zero-order chi connectivity index (χ0) is 11.8. The Bertz CT molecular complexity index is 676. The Kier molecular flexibility index (Phi) is 2.30. The Labute approximate surface area is 102 Å². The molecular weight excluding hydrogens is 232 g/mol. The third-order valence-corrected chi connectivity index (χ3v) is 3.22. The van der Waals surface area contributed by atoms with Crippen LogP contribution in [0.1, 0.15) is 5.69 Å². The lowest BCUT2D eigenvalue weighted by atomic mass is 10.1. The number of aliphatic imine (C=N–C) groups is 1. The van der Waals surface area contributed by atoms with Crippen molar-refractivity contribution in [3.05, 3.63) is 53.6 Å². The number of para-hydroxylation sites is 1. The molecule has 1 aromatic carbocycles. The summed E-state index contributed by atoms with van der Waals surface area (Å²) in [6.07, 6.45) is 0. The molecule has 4 heteroatoms. The first kappa shape index (κ1) is 10.2. The molecule has 3 nitrogen and oxygen atoms in total. The number of nitrogens with zero attached hydrogens (tertiary/aromatic N) is 2. The van der Waals surface area contributed by atoms with Gasteiger partial charge in [-0.25, -0.2) is 9.98 Å². The number of fused-ring (bicyclic) bond motifs is 1. The van der Waals surface area contributed by atoms with E-state index in [1.807, 2.05) is 36.4 Å². The van der Waals surface area contributed by atoms with E-state index in [4.69, 9.17) is 0 Å². The summed E-state index contributed by atoms with van der Waals surface area (Å²) >= 11 is 1.05. The first-order valence-corrected chi connectivity index (χ1v) is 5.91. The molecule has 0 fully saturated rings. The van der Waals surface area contributed by atoms with Gasteiger partial charge in [0.25, 0.3) is 0 Å². The number of hydrogen-bond donors (Lipinski definition) is 0. The predicted octanol–water partition coefficient (Wildman–Crippen LogP) is 3.40. The lowest BCUT2D eigenvalue weighted by Gasteiger charge is -2.02. The van der Waals surface area contributed by atoms with Crippen molar-refractivity contribution in [3.63, 3.8) is 0 Å². The summed E-state index contributed by atoms with van der Waals surface area (Å²) in [5, 5.41) is 0.847. The topological polar surface area (TPSA) is 42.3 Å². The molecule has 3 rings (SSSR count). The lowest BCUT2D eigenvalue weighted by molar-refractivity contribution is 0.268. The Morgan fingerprint density at radius 3 is 2.71 bits per heavy atom. The van der Waals surface area contributed by atoms with Gasteiger partial charge >= 0.3 is 5.24 Å². The second-order valence-electron chi connectivity index (χ2n) is 3.64. The molecule has 0 N–H and O–H groups in total. The van der Waals surface area contributed by atoms with Crippen molar-refractivity contribution < 1.29 is 4.79 Å². The van der Waals surface area contributed by atoms with Gasteiger partial charge in [-0.1, -0.05) is 30.8 Å². The molecule has 0 unspecified atom stereocenters. The first-order valence-electron chi connectivity index (χ1n) is 5.10. The van der Waals surface area contributed by atoms with Crippen LogP contribution in [0.5, 0.6) is 0 Å². The summed E-state index contributed by atoms with van der Waals surface area (Å²) < 4.78 is 0. The Balaban J connectivity index is 2.16. The van der Waals surface area contributed by atoms with Crippen molar-refractivity contribution in [2.75, 3.05) is 0 Å². The van der Waals surface area contributed by atoms with Gasteiger partial charge in [0.15, 0.2) is 0 Å². The summed E-state index contributed by atoms with van der Waals surface area (Å²) in [6, 6.07) is 11.7. The molecular formula is C13H8N2OS. The van der Waals surface area contributed by atoms with E-state index in [-0.39, 0.29) is 5.24 Å². The molecule has 2 aromatic rings. The number of benzene rings is 1. The van der Waals surface area contributed by atoms with E-state index in [9.17, 15) is 4.79 Å². The van der Waals surface area contributed by atoms with Gasteiger partial charge < -0.3 is 0 Å². The third-order valence-electron chi connectivity index (χ3n) is 2.52. The van der Waals surface area contributed by atoms with E-state index < -0.39 is 0 Å². The number of carbonyl (C=O) groups is 1. The smallest absolute Gasteiger partial charge is 0.259 e. The van der Waals surface area contributed by atoms with Crippen LogP contribution in [0.2, 0.25) is 0 Å². The van der Waals surface area contributed by atoms with E-state index in [1.165, 1.54) is 0 Å². The maximum Gasteiger partial charge on any atom is 0.310 e. The quantitative estimate of drug-likeness (QED) is 0.767. The summed E-state index contributed by atoms with van der Waals surface area (Å²) in [5.41, 5.74) is 2.18. The molecule has 0 aliphatic carbocycles. The molecule has 1 aromatic heterocycles. The summed E-state index contributed by atoms with van der Waals surface area (Å²) in [6.45, 7) is 3.81. The number of amides is 1. The second kappa shape index (κ2) is 3.82. The third kappa shape index (κ3) is 1.76. The van der Waals surface area contributed by atoms with Crippen LogP contribution in [0.25, 0.3) is 10.9 Å². The molecule has 1 aliphatic rings. The van der Waals surface area contributed by atoms with Gasteiger partial charge in [0.1, 0.15) is 5.71 Å². The van der Waals surface area contributed by atoms with Crippen molar-refractivity contribution in [1.29, 1.82) is 0 Å². The predicted molar refractivity (Wildman–Crippen MR) is 70.4 cm³/mol. The molecule has 0 atom stereocenters. The molecule has 0 saturated heterocycles. The monoisotopic (exact) mass is 240 g/mol. The summed E-state index contributed by atoms with van der Waals surface area (Å²) in [7, 11) is 0. The molecule has 82 valence electrons. The highest BCUT2D eigenvalue weighted by Gasteiger charge is 2.21. The van der Waals surface area contributed by atoms with Crippen molar-refractivity contribution in [3.8, 4) is 0 Å². The standard InChI is InChI=1S/C13H8N2OS/c1-8-12(15-13(16)17-8)11-7-6-9-4-2-3-5-10(9)14-11/h2-7H,1H2. The van der Waals surface area contributed by atoms with E-state index in [2.05, 4.69) is 16.6 Å². The number of rotatable bonds is 1. The van der Waals surface area contributed by atoms with Crippen LogP contribution in [0, 0.1) is 0 Å². The molecule has 0 saturated carbocycles. The zero-order valence-corrected chi connectivity index (χ0v) is 9.70. The van der Waals surface area contributed by atoms with Crippen LogP contribution in [0.4, 0.5) is 4.79 Å². The first-order chi connectivity index (χ1) is 8.24. The molecule has 0 bridgehead atoms. The normalized spacial score (nSPS) is 15.4. The number of thioether (sulfide) groups is 1. The van der Waals surface area contributed by atoms with Crippen LogP contribution in [-0.4, -0.2) is 15.9 Å². The summed E-state index contributed by atoms with van der Waals surface area (Å²) in [4.78, 5) is 20.3. The van der Waals surface area contributed by atoms with E-state index in [0.29, 0.717) is 16.3 Å². The van der Waals surface area contributed by atoms with Gasteiger partial charge in [-0.3, -0.25) is 4.79 Å². The number of carbonyl (C=O) groups excluding carboxylic acids is 1. The maximum absolute atomic E-state index is 11.2. The molecule has 2 heterocycles. The fraction of sp³-hybridized carbons (Fsp3) is 0. The Morgan fingerprint density at radius 1 is 1.12 bits per heavy atom. The zero-order valence-electron chi connectivity index (χ0n) is 8.88. The van der Waals surface area contributed by atoms with Crippen LogP contribution >= 0.6 is 11.8 Å². The van der Waals surface area contributed by atoms with Crippen molar-refractivity contribution in [2.24, 2.45) is 4.99 Å². The maximum atomic E-state index is 11.2. The van der Waals surface area contributed by atoms with Crippen LogP contribution in [0.15, 0.2) is 52.9 Å². The minimum absolute atomic E-state index is 0.222. The molecule has 0 radical (unpaired) electrons. The van der Waals surface area contributed by atoms with E-state index in [1.54, 1.807) is 0 Å². The second-order valence-corrected chi connectivity index (χ2v) is 4.69. The van der Waals surface area contributed by atoms with Crippen LogP contribution in [0.3, 0.4) is 0 Å². The lowest BCUT2D eigenvalue weighted by Crippen LogP contribution is -2.01. The molecule has 1 aliphatic heterocycles. The highest BCUT2D eigenvalue weighted by atomic mass is 32.2. The van der Waals surface area contributed by atoms with E-state index >= 15 is 0 Å². The van der Waals surface area contributed by atoms with Crippen molar-refractivity contribution >= 4 is 33.6 Å². The van der Waals surface area contributed by atoms with Gasteiger partial charge in [-0.2, -0.15) is 0 Å². The Hall–Kier alpha value is -1.94. The highest BCUT2D eigenvalue weighted by Crippen LogP contribution is 2.28. The van der Waals surface area contributed by atoms with Crippen LogP contribution < -0.4 is 0 Å². The fourth-order valence-electron chi connectivity index (χ4n) is 1.73. The number of aromatic nitrogens is 1. The number of hydrogen-bond acceptors (Lipinski definition) is 3. The van der Waals surface area contributed by atoms with Gasteiger partial charge in [-0.05, 0) is 23.9 Å². The minimum Gasteiger partial charge on any atom is -0.259 e. The number of allylic oxidation sites excluding steroid dienone is 1. The largest absolute Gasteiger partial charge is 0.310 e.